The average Bonchev–Trinajstić information content (AvgIpc) is 2.75. The van der Waals surface area contributed by atoms with E-state index in [1.807, 2.05) is 19.1 Å². The Morgan fingerprint density at radius 2 is 2.21 bits per heavy atom. The zero-order valence-corrected chi connectivity index (χ0v) is 12.7. The number of hydrogen-bond acceptors (Lipinski definition) is 2. The molecule has 1 aromatic carbocycles. The second-order valence-electron chi connectivity index (χ2n) is 4.90. The molecule has 1 unspecified atom stereocenters. The summed E-state index contributed by atoms with van der Waals surface area (Å²) in [4.78, 5) is 24.9. The lowest BCUT2D eigenvalue weighted by Gasteiger charge is -2.19. The standard InChI is InChI=1S/C14H17BrN2O2/c1-3-9-5-11(4-8(2)13(9)15)17-7-10(14(16)19)6-12(17)18/h4-5,10H,3,6-7H2,1-2H3,(H2,16,19). The number of benzene rings is 1. The van der Waals surface area contributed by atoms with Crippen LogP contribution in [0.25, 0.3) is 0 Å². The number of carbonyl (C=O) groups excluding carboxylic acids is 2. The minimum atomic E-state index is -0.402. The van der Waals surface area contributed by atoms with Crippen molar-refractivity contribution in [2.75, 3.05) is 11.4 Å². The van der Waals surface area contributed by atoms with E-state index in [0.29, 0.717) is 6.54 Å². The molecule has 19 heavy (non-hydrogen) atoms. The molecule has 2 amide bonds. The lowest BCUT2D eigenvalue weighted by atomic mass is 10.1. The SMILES string of the molecule is CCc1cc(N2CC(C(N)=O)CC2=O)cc(C)c1Br. The molecule has 102 valence electrons. The molecule has 5 heteroatoms. The zero-order chi connectivity index (χ0) is 14.2. The lowest BCUT2D eigenvalue weighted by Crippen LogP contribution is -2.28. The minimum Gasteiger partial charge on any atom is -0.369 e. The summed E-state index contributed by atoms with van der Waals surface area (Å²) in [6.07, 6.45) is 1.10. The van der Waals surface area contributed by atoms with Crippen LogP contribution in [-0.4, -0.2) is 18.4 Å². The van der Waals surface area contributed by atoms with E-state index in [2.05, 4.69) is 22.9 Å². The fourth-order valence-electron chi connectivity index (χ4n) is 2.38. The molecule has 0 radical (unpaired) electrons. The third-order valence-electron chi connectivity index (χ3n) is 3.53. The van der Waals surface area contributed by atoms with Gasteiger partial charge in [0.05, 0.1) is 5.92 Å². The van der Waals surface area contributed by atoms with E-state index < -0.39 is 5.91 Å². The molecule has 2 rings (SSSR count). The summed E-state index contributed by atoms with van der Waals surface area (Å²) in [7, 11) is 0. The van der Waals surface area contributed by atoms with Gasteiger partial charge >= 0.3 is 0 Å². The third-order valence-corrected chi connectivity index (χ3v) is 4.67. The number of hydrogen-bond donors (Lipinski definition) is 1. The largest absolute Gasteiger partial charge is 0.369 e. The summed E-state index contributed by atoms with van der Waals surface area (Å²) in [6.45, 7) is 4.46. The first-order valence-electron chi connectivity index (χ1n) is 6.32. The molecule has 0 spiro atoms. The molecule has 0 aromatic heterocycles. The second kappa shape index (κ2) is 5.33. The number of carbonyl (C=O) groups is 2. The molecule has 2 N–H and O–H groups in total. The van der Waals surface area contributed by atoms with Gasteiger partial charge in [0.15, 0.2) is 0 Å². The fourth-order valence-corrected chi connectivity index (χ4v) is 2.89. The van der Waals surface area contributed by atoms with Crippen LogP contribution in [0.15, 0.2) is 16.6 Å². The number of rotatable bonds is 3. The van der Waals surface area contributed by atoms with Crippen molar-refractivity contribution in [1.29, 1.82) is 0 Å². The van der Waals surface area contributed by atoms with E-state index in [1.165, 1.54) is 0 Å². The Morgan fingerprint density at radius 3 is 2.74 bits per heavy atom. The summed E-state index contributed by atoms with van der Waals surface area (Å²) in [5, 5.41) is 0. The van der Waals surface area contributed by atoms with Gasteiger partial charge in [0.1, 0.15) is 0 Å². The predicted molar refractivity (Wildman–Crippen MR) is 77.9 cm³/mol. The smallest absolute Gasteiger partial charge is 0.227 e. The summed E-state index contributed by atoms with van der Waals surface area (Å²) in [5.74, 6) is -0.811. The van der Waals surface area contributed by atoms with Gasteiger partial charge in [0, 0.05) is 23.1 Å². The van der Waals surface area contributed by atoms with E-state index in [9.17, 15) is 9.59 Å². The molecule has 1 heterocycles. The molecular formula is C14H17BrN2O2. The van der Waals surface area contributed by atoms with Gasteiger partial charge < -0.3 is 10.6 Å². The van der Waals surface area contributed by atoms with Gasteiger partial charge in [0.2, 0.25) is 11.8 Å². The van der Waals surface area contributed by atoms with Gasteiger partial charge in [-0.25, -0.2) is 0 Å². The van der Waals surface area contributed by atoms with E-state index in [-0.39, 0.29) is 18.2 Å². The third kappa shape index (κ3) is 2.66. The average molecular weight is 325 g/mol. The van der Waals surface area contributed by atoms with Crippen molar-refractivity contribution in [3.8, 4) is 0 Å². The molecule has 1 aromatic rings. The molecule has 0 bridgehead atoms. The number of halogens is 1. The van der Waals surface area contributed by atoms with Crippen LogP contribution >= 0.6 is 15.9 Å². The first kappa shape index (κ1) is 14.1. The maximum atomic E-state index is 12.0. The quantitative estimate of drug-likeness (QED) is 0.926. The van der Waals surface area contributed by atoms with Gasteiger partial charge in [-0.1, -0.05) is 22.9 Å². The topological polar surface area (TPSA) is 63.4 Å². The van der Waals surface area contributed by atoms with Crippen molar-refractivity contribution >= 4 is 33.4 Å². The molecular weight excluding hydrogens is 308 g/mol. The van der Waals surface area contributed by atoms with E-state index in [1.54, 1.807) is 4.90 Å². The molecule has 1 aliphatic rings. The lowest BCUT2D eigenvalue weighted by molar-refractivity contribution is -0.123. The van der Waals surface area contributed by atoms with Crippen LogP contribution in [0.4, 0.5) is 5.69 Å². The molecule has 4 nitrogen and oxygen atoms in total. The number of primary amides is 1. The van der Waals surface area contributed by atoms with Crippen molar-refractivity contribution in [3.63, 3.8) is 0 Å². The molecule has 1 saturated heterocycles. The highest BCUT2D eigenvalue weighted by Gasteiger charge is 2.34. The van der Waals surface area contributed by atoms with Crippen LogP contribution < -0.4 is 10.6 Å². The van der Waals surface area contributed by atoms with Crippen LogP contribution in [0.1, 0.15) is 24.5 Å². The second-order valence-corrected chi connectivity index (χ2v) is 5.69. The van der Waals surface area contributed by atoms with Crippen molar-refractivity contribution in [2.24, 2.45) is 11.7 Å². The van der Waals surface area contributed by atoms with Crippen molar-refractivity contribution in [2.45, 2.75) is 26.7 Å². The van der Waals surface area contributed by atoms with Crippen molar-refractivity contribution in [3.05, 3.63) is 27.7 Å². The summed E-state index contributed by atoms with van der Waals surface area (Å²) < 4.78 is 1.08. The Morgan fingerprint density at radius 1 is 1.53 bits per heavy atom. The predicted octanol–water partition coefficient (Wildman–Crippen LogP) is 2.16. The minimum absolute atomic E-state index is 0.0347. The number of aryl methyl sites for hydroxylation is 2. The Bertz CT molecular complexity index is 542. The van der Waals surface area contributed by atoms with E-state index in [0.717, 1.165) is 27.7 Å². The normalized spacial score (nSPS) is 19.0. The maximum Gasteiger partial charge on any atom is 0.227 e. The Hall–Kier alpha value is -1.36. The van der Waals surface area contributed by atoms with Gasteiger partial charge in [-0.2, -0.15) is 0 Å². The van der Waals surface area contributed by atoms with Crippen molar-refractivity contribution in [1.82, 2.24) is 0 Å². The first-order valence-corrected chi connectivity index (χ1v) is 7.12. The van der Waals surface area contributed by atoms with E-state index in [4.69, 9.17) is 5.73 Å². The van der Waals surface area contributed by atoms with Crippen LogP contribution in [0.2, 0.25) is 0 Å². The van der Waals surface area contributed by atoms with Crippen LogP contribution in [-0.2, 0) is 16.0 Å². The molecule has 0 saturated carbocycles. The fraction of sp³-hybridized carbons (Fsp3) is 0.429. The number of anilines is 1. The summed E-state index contributed by atoms with van der Waals surface area (Å²) in [6, 6.07) is 3.96. The molecule has 1 fully saturated rings. The van der Waals surface area contributed by atoms with Crippen LogP contribution in [0, 0.1) is 12.8 Å². The summed E-state index contributed by atoms with van der Waals surface area (Å²) >= 11 is 3.56. The number of nitrogens with two attached hydrogens (primary N) is 1. The van der Waals surface area contributed by atoms with Gasteiger partial charge in [0.25, 0.3) is 0 Å². The Balaban J connectivity index is 2.35. The number of nitrogens with zero attached hydrogens (tertiary/aromatic N) is 1. The monoisotopic (exact) mass is 324 g/mol. The highest BCUT2D eigenvalue weighted by Crippen LogP contribution is 2.31. The van der Waals surface area contributed by atoms with Crippen LogP contribution in [0.5, 0.6) is 0 Å². The first-order chi connectivity index (χ1) is 8.93. The van der Waals surface area contributed by atoms with Gasteiger partial charge in [-0.3, -0.25) is 9.59 Å². The van der Waals surface area contributed by atoms with E-state index >= 15 is 0 Å². The molecule has 1 atom stereocenters. The Labute approximate surface area is 121 Å². The van der Waals surface area contributed by atoms with Crippen LogP contribution in [0.3, 0.4) is 0 Å². The highest BCUT2D eigenvalue weighted by molar-refractivity contribution is 9.10. The summed E-state index contributed by atoms with van der Waals surface area (Å²) in [5.41, 5.74) is 8.38. The van der Waals surface area contributed by atoms with Gasteiger partial charge in [-0.05, 0) is 36.6 Å². The number of amides is 2. The highest BCUT2D eigenvalue weighted by atomic mass is 79.9. The van der Waals surface area contributed by atoms with Gasteiger partial charge in [-0.15, -0.1) is 0 Å². The maximum absolute atomic E-state index is 12.0. The molecule has 0 aliphatic carbocycles. The Kier molecular flexibility index (Phi) is 3.94. The van der Waals surface area contributed by atoms with Crippen molar-refractivity contribution < 1.29 is 9.59 Å². The zero-order valence-electron chi connectivity index (χ0n) is 11.1. The molecule has 1 aliphatic heterocycles.